The van der Waals surface area contributed by atoms with Crippen molar-refractivity contribution in [3.8, 4) is 17.2 Å². The van der Waals surface area contributed by atoms with Crippen molar-refractivity contribution in [1.82, 2.24) is 15.2 Å². The average Bonchev–Trinajstić information content (AvgIpc) is 3.28. The maximum atomic E-state index is 6.11. The van der Waals surface area contributed by atoms with Gasteiger partial charge in [-0.25, -0.2) is 9.98 Å². The van der Waals surface area contributed by atoms with Gasteiger partial charge in [0.25, 0.3) is 0 Å². The highest BCUT2D eigenvalue weighted by Crippen LogP contribution is 2.20. The summed E-state index contributed by atoms with van der Waals surface area (Å²) in [5.74, 6) is 2.49. The van der Waals surface area contributed by atoms with Crippen LogP contribution < -0.4 is 10.1 Å². The third kappa shape index (κ3) is 6.46. The quantitative estimate of drug-likeness (QED) is 0.276. The molecule has 4 rings (SSSR count). The molecule has 1 saturated heterocycles. The van der Waals surface area contributed by atoms with Gasteiger partial charge in [-0.1, -0.05) is 36.4 Å². The van der Waals surface area contributed by atoms with Crippen LogP contribution in [0.3, 0.4) is 0 Å². The van der Waals surface area contributed by atoms with E-state index in [2.05, 4.69) is 22.1 Å². The molecule has 2 heterocycles. The minimum absolute atomic E-state index is 0. The molecular weight excluding hydrogens is 503 g/mol. The van der Waals surface area contributed by atoms with Crippen molar-refractivity contribution in [2.75, 3.05) is 19.6 Å². The summed E-state index contributed by atoms with van der Waals surface area (Å²) < 4.78 is 11.7. The maximum absolute atomic E-state index is 6.11. The number of para-hydroxylation sites is 1. The highest BCUT2D eigenvalue weighted by Gasteiger charge is 2.22. The van der Waals surface area contributed by atoms with Crippen LogP contribution in [0.5, 0.6) is 5.75 Å². The molecule has 0 aliphatic carbocycles. The van der Waals surface area contributed by atoms with Crippen LogP contribution in [0.25, 0.3) is 11.5 Å². The Balaban J connectivity index is 0.00000272. The third-order valence-electron chi connectivity index (χ3n) is 5.09. The number of benzene rings is 2. The smallest absolute Gasteiger partial charge is 0.226 e. The molecule has 0 atom stereocenters. The summed E-state index contributed by atoms with van der Waals surface area (Å²) in [7, 11) is 0. The molecule has 0 bridgehead atoms. The van der Waals surface area contributed by atoms with Crippen molar-refractivity contribution >= 4 is 29.9 Å². The summed E-state index contributed by atoms with van der Waals surface area (Å²) in [5.41, 5.74) is 1.80. The fraction of sp³-hybridized carbons (Fsp3) is 0.333. The number of piperidine rings is 1. The Kier molecular flexibility index (Phi) is 8.75. The van der Waals surface area contributed by atoms with Gasteiger partial charge < -0.3 is 19.4 Å². The molecule has 1 aliphatic rings. The third-order valence-corrected chi connectivity index (χ3v) is 5.09. The van der Waals surface area contributed by atoms with E-state index in [-0.39, 0.29) is 30.1 Å². The Labute approximate surface area is 200 Å². The first-order valence-corrected chi connectivity index (χ1v) is 10.6. The van der Waals surface area contributed by atoms with Crippen molar-refractivity contribution in [1.29, 1.82) is 0 Å². The van der Waals surface area contributed by atoms with Gasteiger partial charge in [-0.15, -0.1) is 24.0 Å². The van der Waals surface area contributed by atoms with Crippen molar-refractivity contribution in [2.45, 2.75) is 32.4 Å². The Morgan fingerprint density at radius 2 is 1.77 bits per heavy atom. The molecule has 0 saturated carbocycles. The number of nitrogens with one attached hydrogen (secondary N) is 1. The lowest BCUT2D eigenvalue weighted by atomic mass is 10.1. The van der Waals surface area contributed by atoms with Crippen LogP contribution in [-0.2, 0) is 6.54 Å². The second-order valence-electron chi connectivity index (χ2n) is 7.30. The van der Waals surface area contributed by atoms with E-state index >= 15 is 0 Å². The first-order valence-electron chi connectivity index (χ1n) is 10.6. The van der Waals surface area contributed by atoms with Gasteiger partial charge in [-0.3, -0.25) is 0 Å². The number of ether oxygens (including phenoxy) is 1. The molecule has 7 heteroatoms. The minimum Gasteiger partial charge on any atom is -0.490 e. The van der Waals surface area contributed by atoms with Gasteiger partial charge in [-0.05, 0) is 31.2 Å². The molecule has 0 unspecified atom stereocenters. The SMILES string of the molecule is CCNC(=NCc1coc(-c2ccccc2)n1)N1CCC(Oc2ccccc2)CC1.I. The first-order chi connectivity index (χ1) is 14.8. The molecule has 31 heavy (non-hydrogen) atoms. The van der Waals surface area contributed by atoms with Crippen molar-refractivity contribution < 1.29 is 9.15 Å². The summed E-state index contributed by atoms with van der Waals surface area (Å²) in [6.07, 6.45) is 3.88. The standard InChI is InChI=1S/C24H28N4O2.HI/c1-2-25-24(26-17-20-18-29-23(27-20)19-9-5-3-6-10-19)28-15-13-22(14-16-28)30-21-11-7-4-8-12-21;/h3-12,18,22H,2,13-17H2,1H3,(H,25,26);1H. The van der Waals surface area contributed by atoms with Crippen LogP contribution in [-0.4, -0.2) is 41.6 Å². The van der Waals surface area contributed by atoms with Crippen molar-refractivity contribution in [2.24, 2.45) is 4.99 Å². The molecule has 3 aromatic rings. The second kappa shape index (κ2) is 11.7. The summed E-state index contributed by atoms with van der Waals surface area (Å²) in [6.45, 7) is 5.23. The summed E-state index contributed by atoms with van der Waals surface area (Å²) >= 11 is 0. The fourth-order valence-electron chi connectivity index (χ4n) is 3.55. The monoisotopic (exact) mass is 532 g/mol. The van der Waals surface area contributed by atoms with Crippen molar-refractivity contribution in [3.63, 3.8) is 0 Å². The van der Waals surface area contributed by atoms with Gasteiger partial charge in [0.05, 0.1) is 6.54 Å². The Morgan fingerprint density at radius 3 is 2.45 bits per heavy atom. The summed E-state index contributed by atoms with van der Waals surface area (Å²) in [6, 6.07) is 20.0. The zero-order valence-electron chi connectivity index (χ0n) is 17.7. The van der Waals surface area contributed by atoms with Crippen LogP contribution in [0, 0.1) is 0 Å². The number of halogens is 1. The number of aliphatic imine (C=N–C) groups is 1. The first kappa shape index (κ1) is 23.1. The lowest BCUT2D eigenvalue weighted by Crippen LogP contribution is -2.47. The number of likely N-dealkylation sites (tertiary alicyclic amines) is 1. The number of aromatic nitrogens is 1. The number of hydrogen-bond acceptors (Lipinski definition) is 4. The van der Waals surface area contributed by atoms with Gasteiger partial charge in [0.1, 0.15) is 23.8 Å². The molecule has 1 aliphatic heterocycles. The molecule has 2 aromatic carbocycles. The van der Waals surface area contributed by atoms with Crippen LogP contribution >= 0.6 is 24.0 Å². The lowest BCUT2D eigenvalue weighted by Gasteiger charge is -2.34. The predicted octanol–water partition coefficient (Wildman–Crippen LogP) is 4.97. The maximum Gasteiger partial charge on any atom is 0.226 e. The van der Waals surface area contributed by atoms with Gasteiger partial charge in [0.15, 0.2) is 5.96 Å². The van der Waals surface area contributed by atoms with E-state index in [0.717, 1.165) is 55.4 Å². The largest absolute Gasteiger partial charge is 0.490 e. The van der Waals surface area contributed by atoms with Crippen LogP contribution in [0.15, 0.2) is 76.3 Å². The highest BCUT2D eigenvalue weighted by molar-refractivity contribution is 14.0. The van der Waals surface area contributed by atoms with E-state index in [1.54, 1.807) is 6.26 Å². The van der Waals surface area contributed by atoms with E-state index in [4.69, 9.17) is 14.1 Å². The van der Waals surface area contributed by atoms with Crippen LogP contribution in [0.1, 0.15) is 25.5 Å². The molecule has 0 radical (unpaired) electrons. The molecular formula is C24H29IN4O2. The molecule has 1 fully saturated rings. The molecule has 0 spiro atoms. The minimum atomic E-state index is 0. The van der Waals surface area contributed by atoms with Crippen LogP contribution in [0.4, 0.5) is 0 Å². The summed E-state index contributed by atoms with van der Waals surface area (Å²) in [4.78, 5) is 11.7. The lowest BCUT2D eigenvalue weighted by molar-refractivity contribution is 0.129. The molecule has 1 N–H and O–H groups in total. The van der Waals surface area contributed by atoms with E-state index in [9.17, 15) is 0 Å². The molecule has 164 valence electrons. The van der Waals surface area contributed by atoms with E-state index in [0.29, 0.717) is 12.4 Å². The predicted molar refractivity (Wildman–Crippen MR) is 134 cm³/mol. The normalized spacial score (nSPS) is 14.7. The number of guanidine groups is 1. The van der Waals surface area contributed by atoms with Crippen molar-refractivity contribution in [3.05, 3.63) is 72.6 Å². The van der Waals surface area contributed by atoms with Gasteiger partial charge in [0, 0.05) is 38.0 Å². The summed E-state index contributed by atoms with van der Waals surface area (Å²) in [5, 5.41) is 3.40. The topological polar surface area (TPSA) is 62.9 Å². The Bertz CT molecular complexity index is 938. The highest BCUT2D eigenvalue weighted by atomic mass is 127. The number of nitrogens with zero attached hydrogens (tertiary/aromatic N) is 3. The van der Waals surface area contributed by atoms with Gasteiger partial charge in [0.2, 0.25) is 5.89 Å². The molecule has 0 amide bonds. The second-order valence-corrected chi connectivity index (χ2v) is 7.30. The number of hydrogen-bond donors (Lipinski definition) is 1. The zero-order chi connectivity index (χ0) is 20.6. The molecule has 6 nitrogen and oxygen atoms in total. The Hall–Kier alpha value is -2.55. The number of rotatable bonds is 6. The average molecular weight is 532 g/mol. The van der Waals surface area contributed by atoms with E-state index in [1.807, 2.05) is 60.7 Å². The molecule has 1 aromatic heterocycles. The van der Waals surface area contributed by atoms with Gasteiger partial charge in [-0.2, -0.15) is 0 Å². The Morgan fingerprint density at radius 1 is 1.10 bits per heavy atom. The fourth-order valence-corrected chi connectivity index (χ4v) is 3.55. The van der Waals surface area contributed by atoms with E-state index < -0.39 is 0 Å². The number of oxazole rings is 1. The zero-order valence-corrected chi connectivity index (χ0v) is 20.1. The van der Waals surface area contributed by atoms with E-state index in [1.165, 1.54) is 0 Å². The van der Waals surface area contributed by atoms with Crippen LogP contribution in [0.2, 0.25) is 0 Å². The van der Waals surface area contributed by atoms with Gasteiger partial charge >= 0.3 is 0 Å².